The summed E-state index contributed by atoms with van der Waals surface area (Å²) in [5, 5.41) is 5.75. The SMILES string of the molecule is CC1(C)CCCC(NCc2cn3ccsc3n2)C1. The van der Waals surface area contributed by atoms with E-state index < -0.39 is 0 Å². The van der Waals surface area contributed by atoms with E-state index in [0.717, 1.165) is 17.2 Å². The van der Waals surface area contributed by atoms with Gasteiger partial charge in [-0.15, -0.1) is 11.3 Å². The Kier molecular flexibility index (Phi) is 3.16. The molecule has 1 saturated carbocycles. The van der Waals surface area contributed by atoms with Gasteiger partial charge in [-0.25, -0.2) is 4.98 Å². The molecule has 2 heterocycles. The van der Waals surface area contributed by atoms with E-state index in [1.54, 1.807) is 11.3 Å². The van der Waals surface area contributed by atoms with Crippen LogP contribution in [0.25, 0.3) is 4.96 Å². The van der Waals surface area contributed by atoms with Gasteiger partial charge in [0.25, 0.3) is 0 Å². The maximum atomic E-state index is 4.61. The fourth-order valence-corrected chi connectivity index (χ4v) is 3.70. The van der Waals surface area contributed by atoms with Gasteiger partial charge in [0.15, 0.2) is 4.96 Å². The lowest BCUT2D eigenvalue weighted by Gasteiger charge is -2.35. The second-order valence-electron chi connectivity index (χ2n) is 6.16. The molecule has 1 aliphatic rings. The fraction of sp³-hybridized carbons (Fsp3) is 0.643. The number of aromatic nitrogens is 2. The van der Waals surface area contributed by atoms with Crippen LogP contribution in [0.5, 0.6) is 0 Å². The van der Waals surface area contributed by atoms with Crippen LogP contribution in [-0.2, 0) is 6.54 Å². The molecule has 0 aliphatic heterocycles. The van der Waals surface area contributed by atoms with Crippen molar-refractivity contribution in [2.45, 2.75) is 52.1 Å². The lowest BCUT2D eigenvalue weighted by Crippen LogP contribution is -2.36. The Morgan fingerprint density at radius 1 is 1.56 bits per heavy atom. The fourth-order valence-electron chi connectivity index (χ4n) is 2.98. The normalized spacial score (nSPS) is 23.6. The molecule has 0 aromatic carbocycles. The van der Waals surface area contributed by atoms with E-state index in [1.807, 2.05) is 0 Å². The molecule has 18 heavy (non-hydrogen) atoms. The van der Waals surface area contributed by atoms with Gasteiger partial charge in [0.05, 0.1) is 5.69 Å². The van der Waals surface area contributed by atoms with Crippen LogP contribution < -0.4 is 5.32 Å². The number of rotatable bonds is 3. The zero-order valence-electron chi connectivity index (χ0n) is 11.1. The zero-order valence-corrected chi connectivity index (χ0v) is 12.0. The number of fused-ring (bicyclic) bond motifs is 1. The van der Waals surface area contributed by atoms with Crippen molar-refractivity contribution in [1.29, 1.82) is 0 Å². The minimum Gasteiger partial charge on any atom is -0.308 e. The molecule has 1 atom stereocenters. The van der Waals surface area contributed by atoms with Crippen LogP contribution in [0.15, 0.2) is 17.8 Å². The summed E-state index contributed by atoms with van der Waals surface area (Å²) in [6.45, 7) is 5.66. The second-order valence-corrected chi connectivity index (χ2v) is 7.04. The van der Waals surface area contributed by atoms with Gasteiger partial charge in [-0.1, -0.05) is 20.3 Å². The molecule has 3 nitrogen and oxygen atoms in total. The Hall–Kier alpha value is -0.870. The Labute approximate surface area is 112 Å². The molecule has 1 fully saturated rings. The minimum atomic E-state index is 0.504. The number of hydrogen-bond acceptors (Lipinski definition) is 3. The Morgan fingerprint density at radius 2 is 2.44 bits per heavy atom. The van der Waals surface area contributed by atoms with Crippen LogP contribution in [0.4, 0.5) is 0 Å². The maximum Gasteiger partial charge on any atom is 0.193 e. The summed E-state index contributed by atoms with van der Waals surface area (Å²) in [6.07, 6.45) is 9.52. The van der Waals surface area contributed by atoms with Gasteiger partial charge >= 0.3 is 0 Å². The van der Waals surface area contributed by atoms with Crippen molar-refractivity contribution in [3.8, 4) is 0 Å². The predicted octanol–water partition coefficient (Wildman–Crippen LogP) is 3.45. The van der Waals surface area contributed by atoms with Gasteiger partial charge in [-0.05, 0) is 24.7 Å². The van der Waals surface area contributed by atoms with E-state index in [2.05, 4.69) is 46.3 Å². The lowest BCUT2D eigenvalue weighted by molar-refractivity contribution is 0.197. The van der Waals surface area contributed by atoms with Crippen molar-refractivity contribution < 1.29 is 0 Å². The van der Waals surface area contributed by atoms with Crippen molar-refractivity contribution in [3.63, 3.8) is 0 Å². The van der Waals surface area contributed by atoms with Gasteiger partial charge < -0.3 is 5.32 Å². The van der Waals surface area contributed by atoms with Crippen molar-refractivity contribution in [2.75, 3.05) is 0 Å². The quantitative estimate of drug-likeness (QED) is 0.919. The monoisotopic (exact) mass is 263 g/mol. The van der Waals surface area contributed by atoms with E-state index in [-0.39, 0.29) is 0 Å². The van der Waals surface area contributed by atoms with E-state index in [1.165, 1.54) is 25.7 Å². The third-order valence-electron chi connectivity index (χ3n) is 3.92. The molecule has 0 spiro atoms. The van der Waals surface area contributed by atoms with Crippen LogP contribution in [0.2, 0.25) is 0 Å². The molecular weight excluding hydrogens is 242 g/mol. The third-order valence-corrected chi connectivity index (χ3v) is 4.69. The summed E-state index contributed by atoms with van der Waals surface area (Å²) < 4.78 is 2.10. The predicted molar refractivity (Wildman–Crippen MR) is 75.9 cm³/mol. The molecule has 2 aromatic heterocycles. The highest BCUT2D eigenvalue weighted by Gasteiger charge is 2.27. The molecular formula is C14H21N3S. The second kappa shape index (κ2) is 4.67. The molecule has 0 amide bonds. The van der Waals surface area contributed by atoms with Crippen LogP contribution in [-0.4, -0.2) is 15.4 Å². The topological polar surface area (TPSA) is 29.3 Å². The average molecular weight is 263 g/mol. The van der Waals surface area contributed by atoms with E-state index in [9.17, 15) is 0 Å². The van der Waals surface area contributed by atoms with E-state index >= 15 is 0 Å². The highest BCUT2D eigenvalue weighted by Crippen LogP contribution is 2.35. The van der Waals surface area contributed by atoms with Gasteiger partial charge in [0, 0.05) is 30.4 Å². The first-order chi connectivity index (χ1) is 8.62. The molecule has 0 bridgehead atoms. The summed E-state index contributed by atoms with van der Waals surface area (Å²) >= 11 is 1.69. The van der Waals surface area contributed by atoms with Gasteiger partial charge in [-0.2, -0.15) is 0 Å². The third kappa shape index (κ3) is 2.59. The average Bonchev–Trinajstić information content (AvgIpc) is 2.85. The molecule has 4 heteroatoms. The molecule has 98 valence electrons. The summed E-state index contributed by atoms with van der Waals surface area (Å²) in [6, 6.07) is 0.661. The largest absolute Gasteiger partial charge is 0.308 e. The van der Waals surface area contributed by atoms with Gasteiger partial charge in [-0.3, -0.25) is 4.40 Å². The number of imidazole rings is 1. The van der Waals surface area contributed by atoms with Crippen LogP contribution >= 0.6 is 11.3 Å². The molecule has 2 aromatic rings. The molecule has 0 saturated heterocycles. The van der Waals surface area contributed by atoms with Crippen LogP contribution in [0, 0.1) is 5.41 Å². The Balaban J connectivity index is 1.59. The molecule has 1 unspecified atom stereocenters. The maximum absolute atomic E-state index is 4.61. The summed E-state index contributed by atoms with van der Waals surface area (Å²) in [4.78, 5) is 5.71. The number of nitrogens with one attached hydrogen (secondary N) is 1. The van der Waals surface area contributed by atoms with Crippen LogP contribution in [0.3, 0.4) is 0 Å². The first-order valence-electron chi connectivity index (χ1n) is 6.77. The van der Waals surface area contributed by atoms with E-state index in [0.29, 0.717) is 11.5 Å². The number of thiazole rings is 1. The smallest absolute Gasteiger partial charge is 0.193 e. The Morgan fingerprint density at radius 3 is 3.22 bits per heavy atom. The molecule has 1 aliphatic carbocycles. The molecule has 3 rings (SSSR count). The highest BCUT2D eigenvalue weighted by molar-refractivity contribution is 7.15. The molecule has 0 radical (unpaired) electrons. The van der Waals surface area contributed by atoms with Crippen molar-refractivity contribution in [3.05, 3.63) is 23.5 Å². The van der Waals surface area contributed by atoms with Crippen molar-refractivity contribution in [1.82, 2.24) is 14.7 Å². The number of hydrogen-bond donors (Lipinski definition) is 1. The van der Waals surface area contributed by atoms with Gasteiger partial charge in [0.2, 0.25) is 0 Å². The summed E-state index contributed by atoms with van der Waals surface area (Å²) in [5.74, 6) is 0. The molecule has 1 N–H and O–H groups in total. The minimum absolute atomic E-state index is 0.504. The summed E-state index contributed by atoms with van der Waals surface area (Å²) in [5.41, 5.74) is 1.66. The Bertz CT molecular complexity index is 497. The first-order valence-corrected chi connectivity index (χ1v) is 7.65. The van der Waals surface area contributed by atoms with Crippen molar-refractivity contribution in [2.24, 2.45) is 5.41 Å². The van der Waals surface area contributed by atoms with Crippen molar-refractivity contribution >= 4 is 16.3 Å². The first kappa shape index (κ1) is 12.2. The highest BCUT2D eigenvalue weighted by atomic mass is 32.1. The lowest BCUT2D eigenvalue weighted by atomic mass is 9.75. The zero-order chi connectivity index (χ0) is 12.6. The van der Waals surface area contributed by atoms with E-state index in [4.69, 9.17) is 0 Å². The summed E-state index contributed by atoms with van der Waals surface area (Å²) in [7, 11) is 0. The van der Waals surface area contributed by atoms with Crippen LogP contribution in [0.1, 0.15) is 45.2 Å². The standard InChI is InChI=1S/C14H21N3S/c1-14(2)5-3-4-11(8-14)15-9-12-10-17-6-7-18-13(17)16-12/h6-7,10-11,15H,3-5,8-9H2,1-2H3. The number of nitrogens with zero attached hydrogens (tertiary/aromatic N) is 2. The van der Waals surface area contributed by atoms with Gasteiger partial charge in [0.1, 0.15) is 0 Å².